The molecule has 10 heavy (non-hydrogen) atoms. The van der Waals surface area contributed by atoms with E-state index in [1.807, 2.05) is 0 Å². The van der Waals surface area contributed by atoms with Crippen LogP contribution in [0.5, 0.6) is 0 Å². The van der Waals surface area contributed by atoms with Crippen molar-refractivity contribution in [3.8, 4) is 0 Å². The number of halogens is 1. The first-order valence-corrected chi connectivity index (χ1v) is 2.92. The van der Waals surface area contributed by atoms with Gasteiger partial charge in [0, 0.05) is 11.6 Å². The largest absolute Gasteiger partial charge is 0.429 e. The number of aliphatic hydroxyl groups excluding tert-OH is 1. The standard InChI is InChI=1S/C6H7ClO3/c1-2-5(8)10-6(9)3-4-7/h2-5,8H,1H2. The van der Waals surface area contributed by atoms with Crippen LogP contribution in [0.25, 0.3) is 0 Å². The van der Waals surface area contributed by atoms with Crippen LogP contribution in [0.15, 0.2) is 24.3 Å². The van der Waals surface area contributed by atoms with Crippen LogP contribution < -0.4 is 0 Å². The van der Waals surface area contributed by atoms with Crippen molar-refractivity contribution < 1.29 is 14.6 Å². The van der Waals surface area contributed by atoms with Crippen LogP contribution in [0.4, 0.5) is 0 Å². The Morgan fingerprint density at radius 1 is 1.80 bits per heavy atom. The monoisotopic (exact) mass is 162 g/mol. The average Bonchev–Trinajstić information content (AvgIpc) is 1.88. The summed E-state index contributed by atoms with van der Waals surface area (Å²) in [6, 6.07) is 0. The van der Waals surface area contributed by atoms with Gasteiger partial charge in [0.15, 0.2) is 0 Å². The maximum atomic E-state index is 10.4. The molecule has 0 rings (SSSR count). The van der Waals surface area contributed by atoms with Crippen molar-refractivity contribution in [3.63, 3.8) is 0 Å². The molecule has 0 saturated carbocycles. The van der Waals surface area contributed by atoms with Crippen LogP contribution in [-0.2, 0) is 9.53 Å². The van der Waals surface area contributed by atoms with Crippen molar-refractivity contribution in [3.05, 3.63) is 24.3 Å². The van der Waals surface area contributed by atoms with Gasteiger partial charge in [-0.3, -0.25) is 0 Å². The molecule has 0 saturated heterocycles. The van der Waals surface area contributed by atoms with Gasteiger partial charge in [0.05, 0.1) is 0 Å². The molecule has 3 nitrogen and oxygen atoms in total. The van der Waals surface area contributed by atoms with Crippen LogP contribution >= 0.6 is 11.6 Å². The summed E-state index contributed by atoms with van der Waals surface area (Å²) in [7, 11) is 0. The maximum Gasteiger partial charge on any atom is 0.334 e. The summed E-state index contributed by atoms with van der Waals surface area (Å²) in [4.78, 5) is 10.4. The van der Waals surface area contributed by atoms with Crippen molar-refractivity contribution >= 4 is 17.6 Å². The second-order valence-corrected chi connectivity index (χ2v) is 1.61. The molecular weight excluding hydrogens is 156 g/mol. The normalized spacial score (nSPS) is 13.0. The number of carbonyl (C=O) groups is 1. The lowest BCUT2D eigenvalue weighted by Crippen LogP contribution is -2.12. The summed E-state index contributed by atoms with van der Waals surface area (Å²) in [5, 5.41) is 8.62. The van der Waals surface area contributed by atoms with Gasteiger partial charge in [0.25, 0.3) is 0 Å². The molecule has 1 N–H and O–H groups in total. The predicted octanol–water partition coefficient (Wildman–Crippen LogP) is 0.786. The number of esters is 1. The van der Waals surface area contributed by atoms with Crippen LogP contribution in [-0.4, -0.2) is 17.4 Å². The van der Waals surface area contributed by atoms with Crippen molar-refractivity contribution in [2.45, 2.75) is 6.29 Å². The molecule has 0 amide bonds. The zero-order valence-corrected chi connectivity index (χ0v) is 5.91. The molecule has 0 aromatic heterocycles. The van der Waals surface area contributed by atoms with Gasteiger partial charge in [0.1, 0.15) is 0 Å². The molecule has 0 aliphatic rings. The Balaban J connectivity index is 3.67. The highest BCUT2D eigenvalue weighted by Crippen LogP contribution is 1.90. The zero-order chi connectivity index (χ0) is 7.98. The van der Waals surface area contributed by atoms with Gasteiger partial charge >= 0.3 is 5.97 Å². The van der Waals surface area contributed by atoms with Crippen LogP contribution in [0.3, 0.4) is 0 Å². The van der Waals surface area contributed by atoms with Crippen LogP contribution in [0, 0.1) is 0 Å². The van der Waals surface area contributed by atoms with Gasteiger partial charge in [-0.15, -0.1) is 0 Å². The molecule has 56 valence electrons. The highest BCUT2D eigenvalue weighted by atomic mass is 35.5. The molecule has 0 spiro atoms. The van der Waals surface area contributed by atoms with E-state index >= 15 is 0 Å². The molecule has 0 fully saturated rings. The first-order valence-electron chi connectivity index (χ1n) is 2.48. The van der Waals surface area contributed by atoms with E-state index in [4.69, 9.17) is 16.7 Å². The molecule has 1 atom stereocenters. The second kappa shape index (κ2) is 5.02. The van der Waals surface area contributed by atoms with E-state index < -0.39 is 12.3 Å². The molecule has 4 heteroatoms. The molecule has 0 heterocycles. The molecule has 0 aromatic rings. The lowest BCUT2D eigenvalue weighted by Gasteiger charge is -2.02. The molecule has 0 aliphatic heterocycles. The third kappa shape index (κ3) is 4.12. The van der Waals surface area contributed by atoms with Crippen molar-refractivity contribution in [2.75, 3.05) is 0 Å². The summed E-state index contributed by atoms with van der Waals surface area (Å²) in [5.74, 6) is -0.706. The minimum Gasteiger partial charge on any atom is -0.429 e. The lowest BCUT2D eigenvalue weighted by atomic mass is 10.6. The van der Waals surface area contributed by atoms with E-state index in [-0.39, 0.29) is 0 Å². The van der Waals surface area contributed by atoms with Crippen molar-refractivity contribution in [2.24, 2.45) is 0 Å². The first-order chi connectivity index (χ1) is 4.70. The smallest absolute Gasteiger partial charge is 0.334 e. The topological polar surface area (TPSA) is 46.5 Å². The summed E-state index contributed by atoms with van der Waals surface area (Å²) < 4.78 is 4.27. The fraction of sp³-hybridized carbons (Fsp3) is 0.167. The number of ether oxygens (including phenoxy) is 1. The number of hydrogen-bond acceptors (Lipinski definition) is 3. The van der Waals surface area contributed by atoms with E-state index in [0.29, 0.717) is 0 Å². The predicted molar refractivity (Wildman–Crippen MR) is 37.3 cm³/mol. The van der Waals surface area contributed by atoms with Gasteiger partial charge in [0.2, 0.25) is 6.29 Å². The third-order valence-electron chi connectivity index (χ3n) is 0.638. The van der Waals surface area contributed by atoms with E-state index in [1.54, 1.807) is 0 Å². The Kier molecular flexibility index (Phi) is 4.62. The van der Waals surface area contributed by atoms with E-state index in [9.17, 15) is 4.79 Å². The summed E-state index contributed by atoms with van der Waals surface area (Å²) in [6.07, 6.45) is 0.800. The molecular formula is C6H7ClO3. The average molecular weight is 163 g/mol. The van der Waals surface area contributed by atoms with Crippen LogP contribution in [0.1, 0.15) is 0 Å². The number of rotatable bonds is 3. The SMILES string of the molecule is C=CC(O)OC(=O)C=CCl. The van der Waals surface area contributed by atoms with Crippen LogP contribution in [0.2, 0.25) is 0 Å². The number of aliphatic hydroxyl groups is 1. The summed E-state index contributed by atoms with van der Waals surface area (Å²) >= 11 is 5.03. The lowest BCUT2D eigenvalue weighted by molar-refractivity contribution is -0.154. The highest BCUT2D eigenvalue weighted by Gasteiger charge is 2.01. The van der Waals surface area contributed by atoms with Gasteiger partial charge in [-0.1, -0.05) is 18.2 Å². The summed E-state index contributed by atoms with van der Waals surface area (Å²) in [5.41, 5.74) is 0.998. The quantitative estimate of drug-likeness (QED) is 0.289. The molecule has 0 radical (unpaired) electrons. The number of hydrogen-bond donors (Lipinski definition) is 1. The maximum absolute atomic E-state index is 10.4. The Bertz CT molecular complexity index is 153. The van der Waals surface area contributed by atoms with Gasteiger partial charge in [-0.05, 0) is 6.08 Å². The zero-order valence-electron chi connectivity index (χ0n) is 5.16. The second-order valence-electron chi connectivity index (χ2n) is 1.36. The van der Waals surface area contributed by atoms with Crippen molar-refractivity contribution in [1.82, 2.24) is 0 Å². The Labute approximate surface area is 63.6 Å². The van der Waals surface area contributed by atoms with E-state index in [2.05, 4.69) is 11.3 Å². The fourth-order valence-electron chi connectivity index (χ4n) is 0.258. The van der Waals surface area contributed by atoms with Gasteiger partial charge in [-0.25, -0.2) is 4.79 Å². The van der Waals surface area contributed by atoms with Gasteiger partial charge in [-0.2, -0.15) is 0 Å². The highest BCUT2D eigenvalue weighted by molar-refractivity contribution is 6.26. The number of carbonyl (C=O) groups excluding carboxylic acids is 1. The Morgan fingerprint density at radius 3 is 2.80 bits per heavy atom. The molecule has 0 bridgehead atoms. The van der Waals surface area contributed by atoms with Gasteiger partial charge < -0.3 is 9.84 Å². The Morgan fingerprint density at radius 2 is 2.40 bits per heavy atom. The molecule has 1 unspecified atom stereocenters. The fourth-order valence-corrected chi connectivity index (χ4v) is 0.361. The minimum absolute atomic E-state index is 0.706. The van der Waals surface area contributed by atoms with Crippen molar-refractivity contribution in [1.29, 1.82) is 0 Å². The van der Waals surface area contributed by atoms with E-state index in [1.165, 1.54) is 0 Å². The van der Waals surface area contributed by atoms with E-state index in [0.717, 1.165) is 17.7 Å². The minimum atomic E-state index is -1.26. The first kappa shape index (κ1) is 9.20. The molecule has 0 aromatic carbocycles. The third-order valence-corrected chi connectivity index (χ3v) is 0.764. The molecule has 0 aliphatic carbocycles. The summed E-state index contributed by atoms with van der Waals surface area (Å²) in [6.45, 7) is 3.19. The Hall–Kier alpha value is -0.800.